The molecule has 3 aromatic rings. The molecule has 0 radical (unpaired) electrons. The number of carbonyl (C=O) groups is 3. The van der Waals surface area contributed by atoms with Gasteiger partial charge >= 0.3 is 12.1 Å². The molecular formula is C32H34N2O5. The third-order valence-corrected chi connectivity index (χ3v) is 7.53. The molecule has 1 saturated heterocycles. The van der Waals surface area contributed by atoms with Gasteiger partial charge in [-0.2, -0.15) is 0 Å². The Bertz CT molecular complexity index is 1340. The molecule has 1 N–H and O–H groups in total. The Balaban J connectivity index is 1.31. The predicted octanol–water partition coefficient (Wildman–Crippen LogP) is 5.46. The second-order valence-electron chi connectivity index (χ2n) is 11.3. The number of ether oxygens (including phenoxy) is 2. The van der Waals surface area contributed by atoms with E-state index in [1.165, 1.54) is 0 Å². The van der Waals surface area contributed by atoms with E-state index in [9.17, 15) is 14.4 Å². The standard InChI is InChI=1S/C32H34N2O5/c1-20(29(35)34-27(21-12-6-5-7-13-21)19-38-30(36)28(34)32(2,3)4)33-31(37)39-18-26-24-16-10-8-14-22(24)23-15-9-11-17-25(23)26/h5-17,20,26-28H,18-19H2,1-4H3,(H,33,37)/t20-,27-,28+/m0/s1. The van der Waals surface area contributed by atoms with Gasteiger partial charge in [0.05, 0.1) is 6.04 Å². The highest BCUT2D eigenvalue weighted by molar-refractivity contribution is 5.91. The maximum atomic E-state index is 13.9. The maximum Gasteiger partial charge on any atom is 0.407 e. The van der Waals surface area contributed by atoms with Crippen molar-refractivity contribution >= 4 is 18.0 Å². The fourth-order valence-electron chi connectivity index (χ4n) is 5.70. The monoisotopic (exact) mass is 526 g/mol. The highest BCUT2D eigenvalue weighted by Gasteiger charge is 2.48. The molecule has 1 aliphatic heterocycles. The number of nitrogens with one attached hydrogen (secondary N) is 1. The van der Waals surface area contributed by atoms with Crippen LogP contribution in [0, 0.1) is 5.41 Å². The number of esters is 1. The summed E-state index contributed by atoms with van der Waals surface area (Å²) < 4.78 is 11.2. The van der Waals surface area contributed by atoms with E-state index < -0.39 is 35.6 Å². The molecule has 1 heterocycles. The summed E-state index contributed by atoms with van der Waals surface area (Å²) >= 11 is 0. The zero-order valence-corrected chi connectivity index (χ0v) is 22.7. The summed E-state index contributed by atoms with van der Waals surface area (Å²) in [5.74, 6) is -0.899. The van der Waals surface area contributed by atoms with Crippen LogP contribution in [0.25, 0.3) is 11.1 Å². The summed E-state index contributed by atoms with van der Waals surface area (Å²) in [7, 11) is 0. The summed E-state index contributed by atoms with van der Waals surface area (Å²) in [6.45, 7) is 7.51. The van der Waals surface area contributed by atoms with E-state index >= 15 is 0 Å². The Kier molecular flexibility index (Phi) is 7.17. The lowest BCUT2D eigenvalue weighted by atomic mass is 9.83. The second-order valence-corrected chi connectivity index (χ2v) is 11.3. The molecule has 0 unspecified atom stereocenters. The van der Waals surface area contributed by atoms with Gasteiger partial charge in [0.1, 0.15) is 25.3 Å². The van der Waals surface area contributed by atoms with Crippen LogP contribution in [0.3, 0.4) is 0 Å². The Morgan fingerprint density at radius 1 is 0.949 bits per heavy atom. The lowest BCUT2D eigenvalue weighted by Gasteiger charge is -2.46. The summed E-state index contributed by atoms with van der Waals surface area (Å²) in [4.78, 5) is 41.3. The van der Waals surface area contributed by atoms with Gasteiger partial charge in [-0.15, -0.1) is 0 Å². The Hall–Kier alpha value is -4.13. The molecule has 7 heteroatoms. The molecule has 202 valence electrons. The first-order valence-corrected chi connectivity index (χ1v) is 13.3. The number of benzene rings is 3. The van der Waals surface area contributed by atoms with E-state index in [4.69, 9.17) is 9.47 Å². The van der Waals surface area contributed by atoms with Crippen LogP contribution in [-0.2, 0) is 19.1 Å². The summed E-state index contributed by atoms with van der Waals surface area (Å²) in [5.41, 5.74) is 4.79. The number of carbonyl (C=O) groups excluding carboxylic acids is 3. The third kappa shape index (κ3) is 5.13. The zero-order chi connectivity index (χ0) is 27.7. The van der Waals surface area contributed by atoms with E-state index in [1.807, 2.05) is 75.4 Å². The van der Waals surface area contributed by atoms with Crippen molar-refractivity contribution in [3.63, 3.8) is 0 Å². The molecule has 7 nitrogen and oxygen atoms in total. The minimum atomic E-state index is -0.914. The van der Waals surface area contributed by atoms with Gasteiger partial charge in [0.25, 0.3) is 0 Å². The Labute approximate surface area is 229 Å². The molecule has 5 rings (SSSR count). The first-order chi connectivity index (χ1) is 18.7. The molecule has 2 amide bonds. The number of cyclic esters (lactones) is 1. The van der Waals surface area contributed by atoms with Gasteiger partial charge in [-0.1, -0.05) is 99.6 Å². The molecule has 0 spiro atoms. The van der Waals surface area contributed by atoms with Gasteiger partial charge in [-0.05, 0) is 40.2 Å². The van der Waals surface area contributed by atoms with Crippen LogP contribution in [0.15, 0.2) is 78.9 Å². The topological polar surface area (TPSA) is 84.9 Å². The number of nitrogens with zero attached hydrogens (tertiary/aromatic N) is 1. The molecule has 1 aliphatic carbocycles. The van der Waals surface area contributed by atoms with Crippen molar-refractivity contribution in [2.45, 2.75) is 51.7 Å². The second kappa shape index (κ2) is 10.6. The zero-order valence-electron chi connectivity index (χ0n) is 22.7. The van der Waals surface area contributed by atoms with Crippen LogP contribution in [0.2, 0.25) is 0 Å². The average molecular weight is 527 g/mol. The third-order valence-electron chi connectivity index (χ3n) is 7.53. The maximum absolute atomic E-state index is 13.9. The van der Waals surface area contributed by atoms with Gasteiger partial charge in [0.15, 0.2) is 0 Å². The van der Waals surface area contributed by atoms with Crippen LogP contribution in [0.5, 0.6) is 0 Å². The van der Waals surface area contributed by atoms with Crippen molar-refractivity contribution in [3.05, 3.63) is 95.6 Å². The fraction of sp³-hybridized carbons (Fsp3) is 0.344. The average Bonchev–Trinajstić information content (AvgIpc) is 3.24. The lowest BCUT2D eigenvalue weighted by molar-refractivity contribution is -0.177. The fourth-order valence-corrected chi connectivity index (χ4v) is 5.70. The molecule has 0 saturated carbocycles. The molecule has 0 aromatic heterocycles. The number of amides is 2. The van der Waals surface area contributed by atoms with Crippen LogP contribution >= 0.6 is 0 Å². The van der Waals surface area contributed by atoms with Gasteiger partial charge in [-0.3, -0.25) is 4.79 Å². The molecule has 3 aromatic carbocycles. The van der Waals surface area contributed by atoms with Crippen LogP contribution in [-0.4, -0.2) is 48.2 Å². The normalized spacial score (nSPS) is 19.5. The van der Waals surface area contributed by atoms with Crippen molar-refractivity contribution in [2.24, 2.45) is 5.41 Å². The quantitative estimate of drug-likeness (QED) is 0.447. The van der Waals surface area contributed by atoms with E-state index in [2.05, 4.69) is 29.6 Å². The smallest absolute Gasteiger partial charge is 0.407 e. The molecule has 3 atom stereocenters. The SMILES string of the molecule is C[C@H](NC(=O)OCC1c2ccccc2-c2ccccc21)C(=O)N1[C@H](c2ccccc2)COC(=O)[C@@H]1C(C)(C)C. The number of alkyl carbamates (subject to hydrolysis) is 1. The summed E-state index contributed by atoms with van der Waals surface area (Å²) in [6, 6.07) is 23.5. The highest BCUT2D eigenvalue weighted by Crippen LogP contribution is 2.44. The number of hydrogen-bond donors (Lipinski definition) is 1. The van der Waals surface area contributed by atoms with Gasteiger partial charge in [0.2, 0.25) is 5.91 Å². The van der Waals surface area contributed by atoms with Crippen LogP contribution < -0.4 is 5.32 Å². The minimum absolute atomic E-state index is 0.0544. The summed E-state index contributed by atoms with van der Waals surface area (Å²) in [6.07, 6.45) is -0.680. The first-order valence-electron chi connectivity index (χ1n) is 13.3. The molecular weight excluding hydrogens is 492 g/mol. The highest BCUT2D eigenvalue weighted by atomic mass is 16.5. The van der Waals surface area contributed by atoms with Crippen molar-refractivity contribution in [1.29, 1.82) is 0 Å². The Morgan fingerprint density at radius 2 is 1.51 bits per heavy atom. The Morgan fingerprint density at radius 3 is 2.10 bits per heavy atom. The largest absolute Gasteiger partial charge is 0.462 e. The number of morpholine rings is 1. The van der Waals surface area contributed by atoms with E-state index in [0.29, 0.717) is 0 Å². The first kappa shape index (κ1) is 26.5. The molecule has 0 bridgehead atoms. The van der Waals surface area contributed by atoms with Crippen LogP contribution in [0.4, 0.5) is 4.79 Å². The van der Waals surface area contributed by atoms with Crippen molar-refractivity contribution in [2.75, 3.05) is 13.2 Å². The van der Waals surface area contributed by atoms with Gasteiger partial charge in [-0.25, -0.2) is 9.59 Å². The van der Waals surface area contributed by atoms with Crippen molar-refractivity contribution in [1.82, 2.24) is 10.2 Å². The van der Waals surface area contributed by atoms with E-state index in [-0.39, 0.29) is 25.0 Å². The molecule has 39 heavy (non-hydrogen) atoms. The van der Waals surface area contributed by atoms with Crippen molar-refractivity contribution in [3.8, 4) is 11.1 Å². The summed E-state index contributed by atoms with van der Waals surface area (Å²) in [5, 5.41) is 2.70. The van der Waals surface area contributed by atoms with Crippen molar-refractivity contribution < 1.29 is 23.9 Å². The van der Waals surface area contributed by atoms with Crippen LogP contribution in [0.1, 0.15) is 56.3 Å². The van der Waals surface area contributed by atoms with E-state index in [1.54, 1.807) is 11.8 Å². The van der Waals surface area contributed by atoms with Gasteiger partial charge in [0, 0.05) is 5.92 Å². The number of fused-ring (bicyclic) bond motifs is 3. The molecule has 2 aliphatic rings. The number of rotatable bonds is 5. The minimum Gasteiger partial charge on any atom is -0.462 e. The predicted molar refractivity (Wildman–Crippen MR) is 148 cm³/mol. The lowest BCUT2D eigenvalue weighted by Crippen LogP contribution is -2.61. The number of hydrogen-bond acceptors (Lipinski definition) is 5. The molecule has 1 fully saturated rings. The van der Waals surface area contributed by atoms with E-state index in [0.717, 1.165) is 27.8 Å². The van der Waals surface area contributed by atoms with Gasteiger partial charge < -0.3 is 19.7 Å².